The van der Waals surface area contributed by atoms with E-state index >= 15 is 0 Å². The fraction of sp³-hybridized carbons (Fsp3) is 0.412. The van der Waals surface area contributed by atoms with Crippen LogP contribution in [0.4, 0.5) is 0 Å². The number of carbonyl (C=O) groups is 1. The monoisotopic (exact) mass is 286 g/mol. The Kier molecular flexibility index (Phi) is 4.16. The number of aliphatic imine (C=N–C) groups is 1. The first-order chi connectivity index (χ1) is 9.75. The Hall–Kier alpha value is -2.10. The minimum absolute atomic E-state index is 0.147. The normalized spacial score (nSPS) is 17.1. The van der Waals surface area contributed by atoms with Crippen LogP contribution in [-0.4, -0.2) is 17.8 Å². The summed E-state index contributed by atoms with van der Waals surface area (Å²) in [6, 6.07) is 7.63. The Balaban J connectivity index is 2.20. The first-order valence-corrected chi connectivity index (χ1v) is 7.14. The maximum atomic E-state index is 11.9. The van der Waals surface area contributed by atoms with Crippen molar-refractivity contribution in [3.05, 3.63) is 35.5 Å². The van der Waals surface area contributed by atoms with Crippen molar-refractivity contribution in [1.82, 2.24) is 5.32 Å². The molecule has 1 aromatic carbocycles. The van der Waals surface area contributed by atoms with E-state index in [4.69, 9.17) is 4.74 Å². The van der Waals surface area contributed by atoms with Gasteiger partial charge in [0.1, 0.15) is 17.3 Å². The van der Waals surface area contributed by atoms with Crippen LogP contribution in [0.25, 0.3) is 6.08 Å². The highest BCUT2D eigenvalue weighted by Gasteiger charge is 2.28. The van der Waals surface area contributed by atoms with Crippen LogP contribution in [0, 0.1) is 5.41 Å². The van der Waals surface area contributed by atoms with E-state index in [0.717, 1.165) is 11.3 Å². The van der Waals surface area contributed by atoms with E-state index in [1.165, 1.54) is 0 Å². The van der Waals surface area contributed by atoms with Crippen LogP contribution in [0.15, 0.2) is 35.0 Å². The van der Waals surface area contributed by atoms with Gasteiger partial charge in [-0.2, -0.15) is 0 Å². The number of benzene rings is 1. The van der Waals surface area contributed by atoms with Crippen molar-refractivity contribution in [3.8, 4) is 5.75 Å². The van der Waals surface area contributed by atoms with Gasteiger partial charge < -0.3 is 10.1 Å². The topological polar surface area (TPSA) is 50.7 Å². The number of ether oxygens (including phenoxy) is 1. The molecule has 0 saturated carbocycles. The van der Waals surface area contributed by atoms with Crippen LogP contribution >= 0.6 is 0 Å². The van der Waals surface area contributed by atoms with Crippen LogP contribution in [0.2, 0.25) is 0 Å². The van der Waals surface area contributed by atoms with Gasteiger partial charge in [-0.05, 0) is 37.6 Å². The molecule has 4 nitrogen and oxygen atoms in total. The third-order valence-electron chi connectivity index (χ3n) is 2.96. The van der Waals surface area contributed by atoms with Gasteiger partial charge in [0.2, 0.25) is 0 Å². The zero-order chi connectivity index (χ0) is 15.6. The van der Waals surface area contributed by atoms with Gasteiger partial charge in [0.25, 0.3) is 5.91 Å². The van der Waals surface area contributed by atoms with Crippen molar-refractivity contribution in [2.75, 3.05) is 0 Å². The zero-order valence-electron chi connectivity index (χ0n) is 13.2. The number of hydrogen-bond acceptors (Lipinski definition) is 3. The predicted octanol–water partition coefficient (Wildman–Crippen LogP) is 3.39. The summed E-state index contributed by atoms with van der Waals surface area (Å²) in [7, 11) is 0. The highest BCUT2D eigenvalue weighted by molar-refractivity contribution is 6.15. The molecule has 1 N–H and O–H groups in total. The van der Waals surface area contributed by atoms with Crippen molar-refractivity contribution < 1.29 is 9.53 Å². The van der Waals surface area contributed by atoms with Crippen LogP contribution < -0.4 is 10.1 Å². The lowest BCUT2D eigenvalue weighted by atomic mass is 9.95. The summed E-state index contributed by atoms with van der Waals surface area (Å²) >= 11 is 0. The number of carbonyl (C=O) groups excluding carboxylic acids is 1. The molecule has 1 heterocycles. The second kappa shape index (κ2) is 5.72. The van der Waals surface area contributed by atoms with Gasteiger partial charge in [0.15, 0.2) is 0 Å². The van der Waals surface area contributed by atoms with Crippen molar-refractivity contribution in [2.45, 2.75) is 40.7 Å². The van der Waals surface area contributed by atoms with Crippen LogP contribution in [-0.2, 0) is 4.79 Å². The summed E-state index contributed by atoms with van der Waals surface area (Å²) in [5.74, 6) is 1.38. The van der Waals surface area contributed by atoms with E-state index in [1.807, 2.05) is 58.9 Å². The Morgan fingerprint density at radius 2 is 1.81 bits per heavy atom. The lowest BCUT2D eigenvalue weighted by Crippen LogP contribution is -2.34. The van der Waals surface area contributed by atoms with Gasteiger partial charge in [0.05, 0.1) is 6.10 Å². The smallest absolute Gasteiger partial charge is 0.275 e. The number of nitrogens with one attached hydrogen (secondary N) is 1. The van der Waals surface area contributed by atoms with Crippen LogP contribution in [0.5, 0.6) is 5.75 Å². The van der Waals surface area contributed by atoms with Crippen LogP contribution in [0.3, 0.4) is 0 Å². The van der Waals surface area contributed by atoms with Crippen molar-refractivity contribution in [3.63, 3.8) is 0 Å². The van der Waals surface area contributed by atoms with Crippen molar-refractivity contribution in [1.29, 1.82) is 0 Å². The van der Waals surface area contributed by atoms with Gasteiger partial charge in [-0.3, -0.25) is 4.79 Å². The molecule has 4 heteroatoms. The number of amides is 1. The quantitative estimate of drug-likeness (QED) is 0.866. The van der Waals surface area contributed by atoms with E-state index < -0.39 is 0 Å². The average molecular weight is 286 g/mol. The second-order valence-electron chi connectivity index (χ2n) is 6.43. The maximum Gasteiger partial charge on any atom is 0.275 e. The summed E-state index contributed by atoms with van der Waals surface area (Å²) in [6.07, 6.45) is 1.93. The Labute approximate surface area is 125 Å². The minimum atomic E-state index is -0.166. The number of amidine groups is 1. The van der Waals surface area contributed by atoms with Crippen molar-refractivity contribution in [2.24, 2.45) is 10.4 Å². The Bertz CT molecular complexity index is 590. The largest absolute Gasteiger partial charge is 0.491 e. The standard InChI is InChI=1S/C17H22N2O2/c1-11(2)21-13-8-6-12(7-9-13)10-14-15(20)19-16(18-14)17(3,4)5/h6-11H,1-5H3,(H,18,19,20)/b14-10+. The van der Waals surface area contributed by atoms with Gasteiger partial charge in [0, 0.05) is 5.41 Å². The first-order valence-electron chi connectivity index (χ1n) is 7.14. The van der Waals surface area contributed by atoms with E-state index in [-0.39, 0.29) is 17.4 Å². The minimum Gasteiger partial charge on any atom is -0.491 e. The highest BCUT2D eigenvalue weighted by Crippen LogP contribution is 2.22. The van der Waals surface area contributed by atoms with E-state index in [0.29, 0.717) is 11.5 Å². The van der Waals surface area contributed by atoms with E-state index in [2.05, 4.69) is 10.3 Å². The number of nitrogens with zero attached hydrogens (tertiary/aromatic N) is 1. The van der Waals surface area contributed by atoms with Gasteiger partial charge in [-0.1, -0.05) is 32.9 Å². The Morgan fingerprint density at radius 1 is 1.19 bits per heavy atom. The third-order valence-corrected chi connectivity index (χ3v) is 2.96. The molecule has 0 unspecified atom stereocenters. The molecule has 0 spiro atoms. The lowest BCUT2D eigenvalue weighted by Gasteiger charge is -2.16. The SMILES string of the molecule is CC(C)Oc1ccc(/C=C2/N=C(C(C)(C)C)NC2=O)cc1. The summed E-state index contributed by atoms with van der Waals surface area (Å²) in [5.41, 5.74) is 1.20. The van der Waals surface area contributed by atoms with E-state index in [9.17, 15) is 4.79 Å². The second-order valence-corrected chi connectivity index (χ2v) is 6.43. The lowest BCUT2D eigenvalue weighted by molar-refractivity contribution is -0.115. The molecule has 0 saturated heterocycles. The molecule has 0 fully saturated rings. The third kappa shape index (κ3) is 3.94. The predicted molar refractivity (Wildman–Crippen MR) is 85.2 cm³/mol. The molecule has 0 atom stereocenters. The zero-order valence-corrected chi connectivity index (χ0v) is 13.2. The molecule has 0 radical (unpaired) electrons. The van der Waals surface area contributed by atoms with Crippen LogP contribution in [0.1, 0.15) is 40.2 Å². The van der Waals surface area contributed by atoms with Gasteiger partial charge in [-0.25, -0.2) is 4.99 Å². The van der Waals surface area contributed by atoms with Gasteiger partial charge in [-0.15, -0.1) is 0 Å². The Morgan fingerprint density at radius 3 is 2.29 bits per heavy atom. The molecule has 0 bridgehead atoms. The summed E-state index contributed by atoms with van der Waals surface area (Å²) in [5, 5.41) is 2.82. The van der Waals surface area contributed by atoms with Crippen molar-refractivity contribution >= 4 is 17.8 Å². The molecule has 1 aliphatic rings. The first kappa shape index (κ1) is 15.3. The molecule has 112 valence electrons. The fourth-order valence-corrected chi connectivity index (χ4v) is 1.90. The summed E-state index contributed by atoms with van der Waals surface area (Å²) in [4.78, 5) is 16.3. The molecular formula is C17H22N2O2. The molecule has 2 rings (SSSR count). The van der Waals surface area contributed by atoms with Gasteiger partial charge >= 0.3 is 0 Å². The summed E-state index contributed by atoms with van der Waals surface area (Å²) < 4.78 is 5.59. The molecule has 1 aromatic rings. The molecular weight excluding hydrogens is 264 g/mol. The maximum absolute atomic E-state index is 11.9. The molecule has 1 amide bonds. The average Bonchev–Trinajstić information content (AvgIpc) is 2.73. The fourth-order valence-electron chi connectivity index (χ4n) is 1.90. The number of rotatable bonds is 3. The molecule has 0 aromatic heterocycles. The summed E-state index contributed by atoms with van der Waals surface area (Å²) in [6.45, 7) is 10.0. The number of hydrogen-bond donors (Lipinski definition) is 1. The molecule has 0 aliphatic carbocycles. The highest BCUT2D eigenvalue weighted by atomic mass is 16.5. The molecule has 1 aliphatic heterocycles. The molecule has 21 heavy (non-hydrogen) atoms. The van der Waals surface area contributed by atoms with E-state index in [1.54, 1.807) is 6.08 Å².